The quantitative estimate of drug-likeness (QED) is 0.470. The smallest absolute Gasteiger partial charge is 0.407 e. The predicted molar refractivity (Wildman–Crippen MR) is 131 cm³/mol. The summed E-state index contributed by atoms with van der Waals surface area (Å²) in [6.45, 7) is 6.48. The van der Waals surface area contributed by atoms with Crippen LogP contribution in [0.2, 0.25) is 0 Å². The Morgan fingerprint density at radius 3 is 2.15 bits per heavy atom. The molecule has 2 amide bonds. The number of benzene rings is 2. The Bertz CT molecular complexity index is 974. The van der Waals surface area contributed by atoms with Gasteiger partial charge in [-0.3, -0.25) is 9.59 Å². The molecule has 1 unspecified atom stereocenters. The van der Waals surface area contributed by atoms with Gasteiger partial charge < -0.3 is 20.1 Å². The van der Waals surface area contributed by atoms with Crippen LogP contribution in [0.25, 0.3) is 11.1 Å². The zero-order valence-corrected chi connectivity index (χ0v) is 20.1. The number of aliphatic carboxylic acids is 1. The fourth-order valence-corrected chi connectivity index (χ4v) is 4.49. The van der Waals surface area contributed by atoms with Crippen molar-refractivity contribution in [2.75, 3.05) is 19.7 Å². The second kappa shape index (κ2) is 11.7. The number of fused-ring (bicyclic) bond motifs is 3. The van der Waals surface area contributed by atoms with Gasteiger partial charge in [0.2, 0.25) is 5.91 Å². The highest BCUT2D eigenvalue weighted by Crippen LogP contribution is 2.44. The second-order valence-corrected chi connectivity index (χ2v) is 9.06. The molecule has 0 radical (unpaired) electrons. The van der Waals surface area contributed by atoms with Crippen molar-refractivity contribution in [2.24, 2.45) is 5.92 Å². The molecule has 1 aliphatic carbocycles. The number of alkyl carbamates (subject to hydrolysis) is 1. The molecular weight excluding hydrogens is 432 g/mol. The number of hydrogen-bond acceptors (Lipinski definition) is 4. The van der Waals surface area contributed by atoms with Crippen molar-refractivity contribution in [3.05, 3.63) is 59.7 Å². The molecule has 0 aromatic heterocycles. The maximum absolute atomic E-state index is 12.7. The van der Waals surface area contributed by atoms with Crippen LogP contribution in [-0.4, -0.2) is 53.7 Å². The van der Waals surface area contributed by atoms with E-state index in [0.717, 1.165) is 0 Å². The van der Waals surface area contributed by atoms with Gasteiger partial charge in [-0.25, -0.2) is 4.79 Å². The molecule has 2 aromatic rings. The van der Waals surface area contributed by atoms with Crippen molar-refractivity contribution in [3.63, 3.8) is 0 Å². The van der Waals surface area contributed by atoms with Crippen LogP contribution in [-0.2, 0) is 14.3 Å². The molecule has 3 rings (SSSR count). The van der Waals surface area contributed by atoms with Crippen LogP contribution in [0.5, 0.6) is 0 Å². The number of carboxylic acid groups (broad SMARTS) is 1. The lowest BCUT2D eigenvalue weighted by Gasteiger charge is -2.29. The molecule has 0 bridgehead atoms. The Labute approximate surface area is 201 Å². The number of carbonyl (C=O) groups is 3. The van der Waals surface area contributed by atoms with Gasteiger partial charge >= 0.3 is 12.1 Å². The van der Waals surface area contributed by atoms with Gasteiger partial charge in [0.1, 0.15) is 6.61 Å². The maximum atomic E-state index is 12.7. The molecule has 182 valence electrons. The van der Waals surface area contributed by atoms with Crippen LogP contribution in [0, 0.1) is 5.92 Å². The van der Waals surface area contributed by atoms with Crippen molar-refractivity contribution in [2.45, 2.75) is 52.0 Å². The highest BCUT2D eigenvalue weighted by Gasteiger charge is 2.29. The standard InChI is InChI=1S/C27H34N2O5/c1-18(2)29(16-14-25(30)31)26(32)19(3)9-8-15-28-27(33)34-17-24-22-12-6-4-10-20(22)21-11-5-7-13-23(21)24/h4-7,10-13,18-19,24H,8-9,14-17H2,1-3H3,(H,28,33)(H,30,31). The molecule has 0 spiro atoms. The highest BCUT2D eigenvalue weighted by atomic mass is 16.5. The molecule has 7 nitrogen and oxygen atoms in total. The summed E-state index contributed by atoms with van der Waals surface area (Å²) in [7, 11) is 0. The third-order valence-corrected chi connectivity index (χ3v) is 6.32. The summed E-state index contributed by atoms with van der Waals surface area (Å²) in [5.74, 6) is -1.21. The molecule has 0 saturated carbocycles. The minimum atomic E-state index is -0.918. The van der Waals surface area contributed by atoms with E-state index in [1.54, 1.807) is 4.90 Å². The van der Waals surface area contributed by atoms with E-state index in [4.69, 9.17) is 9.84 Å². The van der Waals surface area contributed by atoms with Gasteiger partial charge in [-0.2, -0.15) is 0 Å². The highest BCUT2D eigenvalue weighted by molar-refractivity contribution is 5.80. The Hall–Kier alpha value is -3.35. The Balaban J connectivity index is 1.43. The average molecular weight is 467 g/mol. The first-order valence-electron chi connectivity index (χ1n) is 11.9. The number of ether oxygens (including phenoxy) is 1. The molecule has 2 N–H and O–H groups in total. The SMILES string of the molecule is CC(CCCNC(=O)OCC1c2ccccc2-c2ccccc21)C(=O)N(CCC(=O)O)C(C)C. The minimum Gasteiger partial charge on any atom is -0.481 e. The zero-order valence-electron chi connectivity index (χ0n) is 20.1. The van der Waals surface area contributed by atoms with E-state index in [1.807, 2.05) is 45.0 Å². The molecule has 34 heavy (non-hydrogen) atoms. The molecule has 0 heterocycles. The number of carboxylic acids is 1. The monoisotopic (exact) mass is 466 g/mol. The lowest BCUT2D eigenvalue weighted by Crippen LogP contribution is -2.41. The third kappa shape index (κ3) is 6.16. The summed E-state index contributed by atoms with van der Waals surface area (Å²) >= 11 is 0. The van der Waals surface area contributed by atoms with Crippen molar-refractivity contribution < 1.29 is 24.2 Å². The lowest BCUT2D eigenvalue weighted by atomic mass is 9.98. The first kappa shape index (κ1) is 25.3. The maximum Gasteiger partial charge on any atom is 0.407 e. The minimum absolute atomic E-state index is 0.0172. The molecular formula is C27H34N2O5. The van der Waals surface area contributed by atoms with Gasteiger partial charge in [-0.1, -0.05) is 55.5 Å². The van der Waals surface area contributed by atoms with Gasteiger partial charge in [-0.05, 0) is 48.9 Å². The molecule has 1 aliphatic rings. The van der Waals surface area contributed by atoms with Gasteiger partial charge in [0.15, 0.2) is 0 Å². The Kier molecular flexibility index (Phi) is 8.68. The van der Waals surface area contributed by atoms with E-state index >= 15 is 0 Å². The van der Waals surface area contributed by atoms with Crippen LogP contribution in [0.3, 0.4) is 0 Å². The van der Waals surface area contributed by atoms with Crippen LogP contribution in [0.1, 0.15) is 57.1 Å². The largest absolute Gasteiger partial charge is 0.481 e. The van der Waals surface area contributed by atoms with Crippen LogP contribution >= 0.6 is 0 Å². The summed E-state index contributed by atoms with van der Waals surface area (Å²) < 4.78 is 5.54. The van der Waals surface area contributed by atoms with E-state index in [0.29, 0.717) is 19.4 Å². The van der Waals surface area contributed by atoms with Gasteiger partial charge in [0, 0.05) is 31.0 Å². The van der Waals surface area contributed by atoms with E-state index in [-0.39, 0.29) is 43.4 Å². The topological polar surface area (TPSA) is 95.9 Å². The van der Waals surface area contributed by atoms with E-state index in [9.17, 15) is 14.4 Å². The van der Waals surface area contributed by atoms with Gasteiger partial charge in [0.05, 0.1) is 6.42 Å². The molecule has 7 heteroatoms. The molecule has 2 aromatic carbocycles. The summed E-state index contributed by atoms with van der Waals surface area (Å²) in [5.41, 5.74) is 4.71. The van der Waals surface area contributed by atoms with Crippen molar-refractivity contribution in [3.8, 4) is 11.1 Å². The third-order valence-electron chi connectivity index (χ3n) is 6.32. The number of nitrogens with one attached hydrogen (secondary N) is 1. The van der Waals surface area contributed by atoms with Crippen molar-refractivity contribution in [1.82, 2.24) is 10.2 Å². The fourth-order valence-electron chi connectivity index (χ4n) is 4.49. The summed E-state index contributed by atoms with van der Waals surface area (Å²) in [4.78, 5) is 37.5. The van der Waals surface area contributed by atoms with Crippen LogP contribution in [0.15, 0.2) is 48.5 Å². The normalized spacial score (nSPS) is 13.2. The van der Waals surface area contributed by atoms with Gasteiger partial charge in [-0.15, -0.1) is 0 Å². The number of nitrogens with zero attached hydrogens (tertiary/aromatic N) is 1. The molecule has 1 atom stereocenters. The first-order valence-corrected chi connectivity index (χ1v) is 11.9. The molecule has 0 aliphatic heterocycles. The molecule has 0 fully saturated rings. The number of hydrogen-bond donors (Lipinski definition) is 2. The number of rotatable bonds is 11. The van der Waals surface area contributed by atoms with Gasteiger partial charge in [0.25, 0.3) is 0 Å². The summed E-state index contributed by atoms with van der Waals surface area (Å²) in [6, 6.07) is 16.3. The van der Waals surface area contributed by atoms with Crippen LogP contribution in [0.4, 0.5) is 4.79 Å². The van der Waals surface area contributed by atoms with Crippen molar-refractivity contribution in [1.29, 1.82) is 0 Å². The zero-order chi connectivity index (χ0) is 24.7. The lowest BCUT2D eigenvalue weighted by molar-refractivity contribution is -0.140. The predicted octanol–water partition coefficient (Wildman–Crippen LogP) is 4.65. The van der Waals surface area contributed by atoms with E-state index < -0.39 is 12.1 Å². The number of carbonyl (C=O) groups excluding carboxylic acids is 2. The molecule has 0 saturated heterocycles. The van der Waals surface area contributed by atoms with Crippen LogP contribution < -0.4 is 5.32 Å². The number of amides is 2. The van der Waals surface area contributed by atoms with E-state index in [1.165, 1.54) is 22.3 Å². The second-order valence-electron chi connectivity index (χ2n) is 9.06. The summed E-state index contributed by atoms with van der Waals surface area (Å²) in [6.07, 6.45) is 0.687. The van der Waals surface area contributed by atoms with E-state index in [2.05, 4.69) is 29.6 Å². The van der Waals surface area contributed by atoms with Crippen molar-refractivity contribution >= 4 is 18.0 Å². The fraction of sp³-hybridized carbons (Fsp3) is 0.444. The average Bonchev–Trinajstić information content (AvgIpc) is 3.13. The first-order chi connectivity index (χ1) is 16.3. The Morgan fingerprint density at radius 1 is 1.00 bits per heavy atom. The summed E-state index contributed by atoms with van der Waals surface area (Å²) in [5, 5.41) is 11.7. The Morgan fingerprint density at radius 2 is 1.59 bits per heavy atom.